The smallest absolute Gasteiger partial charge is 0.247 e. The van der Waals surface area contributed by atoms with E-state index in [1.165, 1.54) is 12.8 Å². The molecule has 5 nitrogen and oxygen atoms in total. The molecule has 1 heterocycles. The number of nitrogens with one attached hydrogen (secondary N) is 2. The van der Waals surface area contributed by atoms with E-state index in [2.05, 4.69) is 15.6 Å². The van der Waals surface area contributed by atoms with Gasteiger partial charge < -0.3 is 15.4 Å². The Balaban J connectivity index is 1.67. The molecule has 1 aliphatic carbocycles. The third-order valence-corrected chi connectivity index (χ3v) is 5.33. The van der Waals surface area contributed by atoms with Crippen molar-refractivity contribution in [2.75, 3.05) is 12.4 Å². The van der Waals surface area contributed by atoms with Gasteiger partial charge in [-0.2, -0.15) is 0 Å². The third kappa shape index (κ3) is 3.93. The summed E-state index contributed by atoms with van der Waals surface area (Å²) >= 11 is 0. The number of carbonyl (C=O) groups excluding carboxylic acids is 1. The van der Waals surface area contributed by atoms with Crippen LogP contribution in [0.25, 0.3) is 10.9 Å². The van der Waals surface area contributed by atoms with Crippen molar-refractivity contribution in [3.63, 3.8) is 0 Å². The number of para-hydroxylation sites is 2. The van der Waals surface area contributed by atoms with Crippen LogP contribution < -0.4 is 15.4 Å². The zero-order valence-corrected chi connectivity index (χ0v) is 16.0. The minimum absolute atomic E-state index is 0.0129. The highest BCUT2D eigenvalue weighted by atomic mass is 16.5. The van der Waals surface area contributed by atoms with E-state index in [4.69, 9.17) is 4.74 Å². The summed E-state index contributed by atoms with van der Waals surface area (Å²) < 4.78 is 5.46. The second-order valence-electron chi connectivity index (χ2n) is 7.22. The third-order valence-electron chi connectivity index (χ3n) is 5.33. The molecule has 1 fully saturated rings. The molecule has 144 valence electrons. The number of aromatic nitrogens is 1. The summed E-state index contributed by atoms with van der Waals surface area (Å²) in [6.45, 7) is 0. The lowest BCUT2D eigenvalue weighted by Gasteiger charge is -2.23. The SMILES string of the molecule is COc1ccccc1NC(C(=O)NC1CCCC1)c1ccc2ncccc2c1. The molecule has 1 unspecified atom stereocenters. The summed E-state index contributed by atoms with van der Waals surface area (Å²) in [4.78, 5) is 17.6. The van der Waals surface area contributed by atoms with Gasteiger partial charge in [-0.3, -0.25) is 9.78 Å². The fourth-order valence-corrected chi connectivity index (χ4v) is 3.85. The second kappa shape index (κ2) is 8.30. The minimum Gasteiger partial charge on any atom is -0.495 e. The van der Waals surface area contributed by atoms with Gasteiger partial charge in [0.15, 0.2) is 0 Å². The largest absolute Gasteiger partial charge is 0.495 e. The van der Waals surface area contributed by atoms with Crippen LogP contribution in [0.5, 0.6) is 5.75 Å². The number of hydrogen-bond acceptors (Lipinski definition) is 4. The van der Waals surface area contributed by atoms with Crippen molar-refractivity contribution in [1.29, 1.82) is 0 Å². The van der Waals surface area contributed by atoms with Crippen LogP contribution in [0.2, 0.25) is 0 Å². The Morgan fingerprint density at radius 1 is 1.11 bits per heavy atom. The molecule has 3 aromatic rings. The standard InChI is InChI=1S/C23H25N3O2/c1-28-21-11-5-4-10-20(21)26-22(23(27)25-18-8-2-3-9-18)17-12-13-19-16(15-17)7-6-14-24-19/h4-7,10-15,18,22,26H,2-3,8-9H2,1H3,(H,25,27). The van der Waals surface area contributed by atoms with Crippen LogP contribution in [0, 0.1) is 0 Å². The van der Waals surface area contributed by atoms with Crippen LogP contribution in [-0.4, -0.2) is 24.0 Å². The Hall–Kier alpha value is -3.08. The van der Waals surface area contributed by atoms with Crippen LogP contribution >= 0.6 is 0 Å². The zero-order chi connectivity index (χ0) is 19.3. The molecule has 1 atom stereocenters. The van der Waals surface area contributed by atoms with E-state index in [0.29, 0.717) is 5.75 Å². The quantitative estimate of drug-likeness (QED) is 0.668. The van der Waals surface area contributed by atoms with Gasteiger partial charge in [-0.15, -0.1) is 0 Å². The van der Waals surface area contributed by atoms with Crippen LogP contribution in [0.15, 0.2) is 60.8 Å². The van der Waals surface area contributed by atoms with E-state index < -0.39 is 6.04 Å². The van der Waals surface area contributed by atoms with Gasteiger partial charge in [0.2, 0.25) is 5.91 Å². The van der Waals surface area contributed by atoms with Crippen molar-refractivity contribution in [3.8, 4) is 5.75 Å². The van der Waals surface area contributed by atoms with Gasteiger partial charge in [0.1, 0.15) is 11.8 Å². The van der Waals surface area contributed by atoms with Gasteiger partial charge in [-0.1, -0.05) is 37.1 Å². The molecular formula is C23H25N3O2. The molecule has 4 rings (SSSR count). The summed E-state index contributed by atoms with van der Waals surface area (Å²) in [5.41, 5.74) is 2.61. The molecule has 1 aliphatic rings. The van der Waals surface area contributed by atoms with E-state index in [0.717, 1.165) is 35.0 Å². The molecule has 1 amide bonds. The molecule has 0 bridgehead atoms. The summed E-state index contributed by atoms with van der Waals surface area (Å²) in [6, 6.07) is 17.3. The molecule has 1 saturated carbocycles. The average molecular weight is 375 g/mol. The van der Waals surface area contributed by atoms with E-state index >= 15 is 0 Å². The molecule has 2 aromatic carbocycles. The number of amides is 1. The van der Waals surface area contributed by atoms with Crippen molar-refractivity contribution in [2.24, 2.45) is 0 Å². The van der Waals surface area contributed by atoms with Gasteiger partial charge in [-0.25, -0.2) is 0 Å². The Morgan fingerprint density at radius 3 is 2.75 bits per heavy atom. The maximum absolute atomic E-state index is 13.2. The fraction of sp³-hybridized carbons (Fsp3) is 0.304. The summed E-state index contributed by atoms with van der Waals surface area (Å²) in [7, 11) is 1.63. The molecule has 0 radical (unpaired) electrons. The minimum atomic E-state index is -0.512. The Morgan fingerprint density at radius 2 is 1.93 bits per heavy atom. The molecule has 0 saturated heterocycles. The van der Waals surface area contributed by atoms with E-state index in [-0.39, 0.29) is 11.9 Å². The highest BCUT2D eigenvalue weighted by molar-refractivity contribution is 5.89. The molecule has 1 aromatic heterocycles. The Labute approximate surface area is 165 Å². The molecule has 5 heteroatoms. The number of benzene rings is 2. The van der Waals surface area contributed by atoms with Crippen molar-refractivity contribution in [3.05, 3.63) is 66.4 Å². The average Bonchev–Trinajstić information content (AvgIpc) is 3.25. The highest BCUT2D eigenvalue weighted by Gasteiger charge is 2.26. The number of rotatable bonds is 6. The predicted molar refractivity (Wildman–Crippen MR) is 111 cm³/mol. The van der Waals surface area contributed by atoms with E-state index in [1.807, 2.05) is 54.6 Å². The normalized spacial score (nSPS) is 15.3. The lowest BCUT2D eigenvalue weighted by atomic mass is 10.0. The molecular weight excluding hydrogens is 350 g/mol. The van der Waals surface area contributed by atoms with Gasteiger partial charge in [0.25, 0.3) is 0 Å². The van der Waals surface area contributed by atoms with Crippen LogP contribution in [0.1, 0.15) is 37.3 Å². The number of methoxy groups -OCH3 is 1. The number of nitrogens with zero attached hydrogens (tertiary/aromatic N) is 1. The highest BCUT2D eigenvalue weighted by Crippen LogP contribution is 2.30. The number of hydrogen-bond donors (Lipinski definition) is 2. The Kier molecular flexibility index (Phi) is 5.42. The van der Waals surface area contributed by atoms with Gasteiger partial charge in [-0.05, 0) is 48.7 Å². The lowest BCUT2D eigenvalue weighted by Crippen LogP contribution is -2.39. The van der Waals surface area contributed by atoms with Crippen LogP contribution in [0.4, 0.5) is 5.69 Å². The van der Waals surface area contributed by atoms with E-state index in [9.17, 15) is 4.79 Å². The monoisotopic (exact) mass is 375 g/mol. The predicted octanol–water partition coefficient (Wildman–Crippen LogP) is 4.46. The first kappa shape index (κ1) is 18.3. The maximum Gasteiger partial charge on any atom is 0.247 e. The number of pyridine rings is 1. The number of ether oxygens (including phenoxy) is 1. The van der Waals surface area contributed by atoms with Crippen LogP contribution in [0.3, 0.4) is 0 Å². The van der Waals surface area contributed by atoms with Gasteiger partial charge in [0, 0.05) is 17.6 Å². The topological polar surface area (TPSA) is 63.2 Å². The Bertz CT molecular complexity index is 967. The fourth-order valence-electron chi connectivity index (χ4n) is 3.85. The zero-order valence-electron chi connectivity index (χ0n) is 16.0. The van der Waals surface area contributed by atoms with Crippen LogP contribution in [-0.2, 0) is 4.79 Å². The summed E-state index contributed by atoms with van der Waals surface area (Å²) in [5, 5.41) is 7.64. The first-order valence-electron chi connectivity index (χ1n) is 9.79. The summed E-state index contributed by atoms with van der Waals surface area (Å²) in [6.07, 6.45) is 6.23. The first-order valence-corrected chi connectivity index (χ1v) is 9.79. The molecule has 0 spiro atoms. The van der Waals surface area contributed by atoms with E-state index in [1.54, 1.807) is 13.3 Å². The number of fused-ring (bicyclic) bond motifs is 1. The van der Waals surface area contributed by atoms with Crippen molar-refractivity contribution >= 4 is 22.5 Å². The number of anilines is 1. The van der Waals surface area contributed by atoms with Crippen molar-refractivity contribution in [1.82, 2.24) is 10.3 Å². The molecule has 0 aliphatic heterocycles. The first-order chi connectivity index (χ1) is 13.7. The summed E-state index contributed by atoms with van der Waals surface area (Å²) in [5.74, 6) is 0.699. The van der Waals surface area contributed by atoms with Crippen molar-refractivity contribution < 1.29 is 9.53 Å². The molecule has 2 N–H and O–H groups in total. The van der Waals surface area contributed by atoms with Gasteiger partial charge >= 0.3 is 0 Å². The molecule has 28 heavy (non-hydrogen) atoms. The lowest BCUT2D eigenvalue weighted by molar-refractivity contribution is -0.122. The second-order valence-corrected chi connectivity index (χ2v) is 7.22. The number of carbonyl (C=O) groups is 1. The van der Waals surface area contributed by atoms with Gasteiger partial charge in [0.05, 0.1) is 18.3 Å². The van der Waals surface area contributed by atoms with Crippen molar-refractivity contribution in [2.45, 2.75) is 37.8 Å². The maximum atomic E-state index is 13.2.